The van der Waals surface area contributed by atoms with Crippen LogP contribution in [0.1, 0.15) is 25.3 Å². The fourth-order valence-corrected chi connectivity index (χ4v) is 2.93. The minimum absolute atomic E-state index is 0.161. The predicted molar refractivity (Wildman–Crippen MR) is 71.2 cm³/mol. The first kappa shape index (κ1) is 12.6. The smallest absolute Gasteiger partial charge is 0.224 e. The Hall–Kier alpha value is -0.870. The van der Waals surface area contributed by atoms with Gasteiger partial charge in [-0.25, -0.2) is 0 Å². The summed E-state index contributed by atoms with van der Waals surface area (Å²) in [5, 5.41) is 10.6. The maximum atomic E-state index is 12.0. The van der Waals surface area contributed by atoms with Gasteiger partial charge in [0.1, 0.15) is 0 Å². The first-order valence-corrected chi connectivity index (χ1v) is 7.22. The van der Waals surface area contributed by atoms with Gasteiger partial charge in [-0.15, -0.1) is 0 Å². The standard InChI is InChI=1S/C13H20N2OS/c1-10(7-11-4-6-17-9-11)15-13(16)12-3-2-5-14-8-12/h4,6,9-10,12,14H,2-3,5,7-8H2,1H3,(H,15,16)/t10?,12-/m1/s1. The van der Waals surface area contributed by atoms with Gasteiger partial charge >= 0.3 is 0 Å². The molecule has 1 aliphatic heterocycles. The third-order valence-corrected chi connectivity index (χ3v) is 3.91. The lowest BCUT2D eigenvalue weighted by atomic mass is 9.98. The fourth-order valence-electron chi connectivity index (χ4n) is 2.25. The largest absolute Gasteiger partial charge is 0.353 e. The van der Waals surface area contributed by atoms with Crippen LogP contribution in [0.2, 0.25) is 0 Å². The van der Waals surface area contributed by atoms with Crippen molar-refractivity contribution in [2.24, 2.45) is 5.92 Å². The summed E-state index contributed by atoms with van der Waals surface area (Å²) in [6.45, 7) is 3.96. The summed E-state index contributed by atoms with van der Waals surface area (Å²) in [6, 6.07) is 2.34. The number of piperidine rings is 1. The molecule has 1 fully saturated rings. The van der Waals surface area contributed by atoms with E-state index in [0.29, 0.717) is 0 Å². The van der Waals surface area contributed by atoms with E-state index in [-0.39, 0.29) is 17.9 Å². The second kappa shape index (κ2) is 6.17. The van der Waals surface area contributed by atoms with Crippen LogP contribution in [0.5, 0.6) is 0 Å². The van der Waals surface area contributed by atoms with E-state index in [1.165, 1.54) is 5.56 Å². The van der Waals surface area contributed by atoms with Crippen LogP contribution in [0, 0.1) is 5.92 Å². The lowest BCUT2D eigenvalue weighted by Gasteiger charge is -2.24. The molecule has 2 heterocycles. The molecule has 2 rings (SSSR count). The SMILES string of the molecule is CC(Cc1ccsc1)NC(=O)[C@@H]1CCCNC1. The molecule has 1 amide bonds. The van der Waals surface area contributed by atoms with Crippen molar-refractivity contribution in [3.05, 3.63) is 22.4 Å². The molecular formula is C13H20N2OS. The summed E-state index contributed by atoms with van der Waals surface area (Å²) in [4.78, 5) is 12.0. The molecular weight excluding hydrogens is 232 g/mol. The molecule has 2 atom stereocenters. The molecule has 1 aliphatic rings. The van der Waals surface area contributed by atoms with Gasteiger partial charge in [0, 0.05) is 12.6 Å². The molecule has 17 heavy (non-hydrogen) atoms. The Balaban J connectivity index is 1.77. The summed E-state index contributed by atoms with van der Waals surface area (Å²) in [5.41, 5.74) is 1.31. The number of carbonyl (C=O) groups is 1. The van der Waals surface area contributed by atoms with Gasteiger partial charge in [-0.1, -0.05) is 0 Å². The number of hydrogen-bond acceptors (Lipinski definition) is 3. The van der Waals surface area contributed by atoms with Crippen molar-refractivity contribution in [3.63, 3.8) is 0 Å². The minimum atomic E-state index is 0.161. The third-order valence-electron chi connectivity index (χ3n) is 3.18. The predicted octanol–water partition coefficient (Wildman–Crippen LogP) is 1.79. The van der Waals surface area contributed by atoms with Crippen molar-refractivity contribution in [2.75, 3.05) is 13.1 Å². The van der Waals surface area contributed by atoms with Crippen LogP contribution in [0.25, 0.3) is 0 Å². The van der Waals surface area contributed by atoms with Crippen LogP contribution < -0.4 is 10.6 Å². The number of rotatable bonds is 4. The topological polar surface area (TPSA) is 41.1 Å². The molecule has 0 spiro atoms. The Labute approximate surface area is 107 Å². The first-order valence-electron chi connectivity index (χ1n) is 6.28. The molecule has 0 aromatic carbocycles. The number of carbonyl (C=O) groups excluding carboxylic acids is 1. The van der Waals surface area contributed by atoms with Gasteiger partial charge in [-0.3, -0.25) is 4.79 Å². The third kappa shape index (κ3) is 3.82. The van der Waals surface area contributed by atoms with Crippen LogP contribution in [0.3, 0.4) is 0 Å². The van der Waals surface area contributed by atoms with E-state index in [9.17, 15) is 4.79 Å². The normalized spacial score (nSPS) is 22.1. The van der Waals surface area contributed by atoms with E-state index in [2.05, 4.69) is 34.4 Å². The molecule has 0 radical (unpaired) electrons. The molecule has 1 unspecified atom stereocenters. The minimum Gasteiger partial charge on any atom is -0.353 e. The highest BCUT2D eigenvalue weighted by molar-refractivity contribution is 7.07. The lowest BCUT2D eigenvalue weighted by molar-refractivity contribution is -0.126. The molecule has 1 saturated heterocycles. The summed E-state index contributed by atoms with van der Waals surface area (Å²) in [7, 11) is 0. The Morgan fingerprint density at radius 1 is 1.71 bits per heavy atom. The van der Waals surface area contributed by atoms with Crippen LogP contribution in [-0.4, -0.2) is 25.0 Å². The van der Waals surface area contributed by atoms with E-state index < -0.39 is 0 Å². The number of nitrogens with one attached hydrogen (secondary N) is 2. The van der Waals surface area contributed by atoms with Gasteiger partial charge in [0.05, 0.1) is 5.92 Å². The Morgan fingerprint density at radius 2 is 2.59 bits per heavy atom. The molecule has 94 valence electrons. The van der Waals surface area contributed by atoms with Crippen molar-refractivity contribution in [1.29, 1.82) is 0 Å². The first-order chi connectivity index (χ1) is 8.25. The summed E-state index contributed by atoms with van der Waals surface area (Å²) in [5.74, 6) is 0.369. The van der Waals surface area contributed by atoms with Crippen molar-refractivity contribution in [3.8, 4) is 0 Å². The van der Waals surface area contributed by atoms with Crippen molar-refractivity contribution in [2.45, 2.75) is 32.2 Å². The van der Waals surface area contributed by atoms with Gasteiger partial charge in [0.2, 0.25) is 5.91 Å². The monoisotopic (exact) mass is 252 g/mol. The zero-order valence-corrected chi connectivity index (χ0v) is 11.1. The molecule has 1 aromatic rings. The zero-order valence-electron chi connectivity index (χ0n) is 10.2. The van der Waals surface area contributed by atoms with E-state index in [1.54, 1.807) is 11.3 Å². The Bertz CT molecular complexity index is 344. The van der Waals surface area contributed by atoms with Crippen LogP contribution in [0.4, 0.5) is 0 Å². The molecule has 0 bridgehead atoms. The van der Waals surface area contributed by atoms with Crippen LogP contribution in [-0.2, 0) is 11.2 Å². The van der Waals surface area contributed by atoms with Crippen molar-refractivity contribution < 1.29 is 4.79 Å². The van der Waals surface area contributed by atoms with Gasteiger partial charge in [0.15, 0.2) is 0 Å². The Morgan fingerprint density at radius 3 is 3.24 bits per heavy atom. The second-order valence-electron chi connectivity index (χ2n) is 4.79. The molecule has 0 aliphatic carbocycles. The number of thiophene rings is 1. The zero-order chi connectivity index (χ0) is 12.1. The van der Waals surface area contributed by atoms with Crippen LogP contribution in [0.15, 0.2) is 16.8 Å². The summed E-state index contributed by atoms with van der Waals surface area (Å²) in [6.07, 6.45) is 3.05. The van der Waals surface area contributed by atoms with Gasteiger partial charge in [-0.05, 0) is 55.1 Å². The highest BCUT2D eigenvalue weighted by Gasteiger charge is 2.21. The summed E-state index contributed by atoms with van der Waals surface area (Å²) < 4.78 is 0. The van der Waals surface area contributed by atoms with E-state index >= 15 is 0 Å². The molecule has 0 saturated carbocycles. The highest BCUT2D eigenvalue weighted by atomic mass is 32.1. The van der Waals surface area contributed by atoms with E-state index in [4.69, 9.17) is 0 Å². The maximum Gasteiger partial charge on any atom is 0.224 e. The average Bonchev–Trinajstić information content (AvgIpc) is 2.82. The van der Waals surface area contributed by atoms with Gasteiger partial charge in [-0.2, -0.15) is 11.3 Å². The molecule has 3 nitrogen and oxygen atoms in total. The van der Waals surface area contributed by atoms with E-state index in [1.807, 2.05) is 0 Å². The second-order valence-corrected chi connectivity index (χ2v) is 5.57. The molecule has 1 aromatic heterocycles. The number of hydrogen-bond donors (Lipinski definition) is 2. The highest BCUT2D eigenvalue weighted by Crippen LogP contribution is 2.12. The molecule has 4 heteroatoms. The fraction of sp³-hybridized carbons (Fsp3) is 0.615. The van der Waals surface area contributed by atoms with Crippen LogP contribution >= 0.6 is 11.3 Å². The quantitative estimate of drug-likeness (QED) is 0.858. The van der Waals surface area contributed by atoms with Gasteiger partial charge in [0.25, 0.3) is 0 Å². The van der Waals surface area contributed by atoms with E-state index in [0.717, 1.165) is 32.4 Å². The number of amides is 1. The average molecular weight is 252 g/mol. The lowest BCUT2D eigenvalue weighted by Crippen LogP contribution is -2.44. The maximum absolute atomic E-state index is 12.0. The van der Waals surface area contributed by atoms with Crippen molar-refractivity contribution in [1.82, 2.24) is 10.6 Å². The molecule has 2 N–H and O–H groups in total. The Kier molecular flexibility index (Phi) is 4.57. The van der Waals surface area contributed by atoms with Gasteiger partial charge < -0.3 is 10.6 Å². The summed E-state index contributed by atoms with van der Waals surface area (Å²) >= 11 is 1.71. The van der Waals surface area contributed by atoms with Crippen molar-refractivity contribution >= 4 is 17.2 Å².